The highest BCUT2D eigenvalue weighted by atomic mass is 16.2. The van der Waals surface area contributed by atoms with Crippen molar-refractivity contribution in [3.05, 3.63) is 48.3 Å². The van der Waals surface area contributed by atoms with E-state index in [-0.39, 0.29) is 11.8 Å². The molecule has 7 nitrogen and oxygen atoms in total. The Morgan fingerprint density at radius 2 is 1.96 bits per heavy atom. The molecule has 1 fully saturated rings. The van der Waals surface area contributed by atoms with Crippen LogP contribution < -0.4 is 10.6 Å². The van der Waals surface area contributed by atoms with Crippen molar-refractivity contribution in [1.82, 2.24) is 20.2 Å². The van der Waals surface area contributed by atoms with E-state index in [4.69, 9.17) is 0 Å². The van der Waals surface area contributed by atoms with Crippen molar-refractivity contribution >= 4 is 23.5 Å². The summed E-state index contributed by atoms with van der Waals surface area (Å²) in [4.78, 5) is 34.9. The molecule has 3 rings (SSSR count). The van der Waals surface area contributed by atoms with Gasteiger partial charge in [-0.3, -0.25) is 9.59 Å². The molecular formula is C18H21N5O2. The van der Waals surface area contributed by atoms with E-state index in [0.717, 1.165) is 18.5 Å². The van der Waals surface area contributed by atoms with Crippen molar-refractivity contribution in [2.24, 2.45) is 0 Å². The molecule has 0 aliphatic carbocycles. The molecule has 1 aromatic carbocycles. The second-order valence-electron chi connectivity index (χ2n) is 5.90. The van der Waals surface area contributed by atoms with Crippen molar-refractivity contribution in [2.75, 3.05) is 18.9 Å². The van der Waals surface area contributed by atoms with Gasteiger partial charge in [0.2, 0.25) is 11.9 Å². The number of likely N-dealkylation sites (tertiary alicyclic amines) is 1. The molecule has 25 heavy (non-hydrogen) atoms. The van der Waals surface area contributed by atoms with Gasteiger partial charge in [-0.05, 0) is 43.5 Å². The quantitative estimate of drug-likeness (QED) is 0.889. The van der Waals surface area contributed by atoms with Crippen LogP contribution in [0, 0.1) is 0 Å². The number of amides is 2. The second-order valence-corrected chi connectivity index (χ2v) is 5.90. The zero-order chi connectivity index (χ0) is 17.6. The fourth-order valence-electron chi connectivity index (χ4n) is 3.00. The number of benzene rings is 1. The van der Waals surface area contributed by atoms with Gasteiger partial charge in [-0.15, -0.1) is 0 Å². The van der Waals surface area contributed by atoms with Gasteiger partial charge in [0.1, 0.15) is 6.04 Å². The number of anilines is 2. The molecule has 0 bridgehead atoms. The van der Waals surface area contributed by atoms with E-state index in [0.29, 0.717) is 24.5 Å². The van der Waals surface area contributed by atoms with Crippen LogP contribution in [0.25, 0.3) is 0 Å². The van der Waals surface area contributed by atoms with Crippen LogP contribution in [0.15, 0.2) is 42.7 Å². The number of rotatable bonds is 4. The van der Waals surface area contributed by atoms with Crippen LogP contribution in [0.1, 0.15) is 29.6 Å². The molecule has 1 unspecified atom stereocenters. The number of piperidine rings is 1. The van der Waals surface area contributed by atoms with E-state index in [2.05, 4.69) is 20.6 Å². The van der Waals surface area contributed by atoms with Crippen LogP contribution in [0.3, 0.4) is 0 Å². The second kappa shape index (κ2) is 7.74. The maximum atomic E-state index is 12.9. The zero-order valence-corrected chi connectivity index (χ0v) is 14.1. The molecule has 1 aromatic heterocycles. The minimum absolute atomic E-state index is 0.111. The average Bonchev–Trinajstić information content (AvgIpc) is 2.68. The molecule has 2 heterocycles. The van der Waals surface area contributed by atoms with Crippen LogP contribution in [-0.2, 0) is 4.79 Å². The summed E-state index contributed by atoms with van der Waals surface area (Å²) in [5.74, 6) is 0.222. The van der Waals surface area contributed by atoms with Gasteiger partial charge in [0.05, 0.1) is 0 Å². The summed E-state index contributed by atoms with van der Waals surface area (Å²) in [6, 6.07) is 8.50. The van der Waals surface area contributed by atoms with E-state index in [1.54, 1.807) is 48.6 Å². The van der Waals surface area contributed by atoms with Gasteiger partial charge in [0.15, 0.2) is 0 Å². The van der Waals surface area contributed by atoms with E-state index in [9.17, 15) is 9.59 Å². The number of aromatic nitrogens is 2. The van der Waals surface area contributed by atoms with Crippen LogP contribution in [0.5, 0.6) is 0 Å². The number of hydrogen-bond acceptors (Lipinski definition) is 5. The van der Waals surface area contributed by atoms with Crippen molar-refractivity contribution in [2.45, 2.75) is 25.3 Å². The summed E-state index contributed by atoms with van der Waals surface area (Å²) in [5.41, 5.74) is 1.27. The number of nitrogens with one attached hydrogen (secondary N) is 2. The minimum atomic E-state index is -0.402. The van der Waals surface area contributed by atoms with Crippen LogP contribution >= 0.6 is 0 Å². The Morgan fingerprint density at radius 1 is 1.16 bits per heavy atom. The van der Waals surface area contributed by atoms with Crippen LogP contribution in [0.4, 0.5) is 11.6 Å². The van der Waals surface area contributed by atoms with Gasteiger partial charge in [-0.1, -0.05) is 6.07 Å². The molecule has 130 valence electrons. The molecule has 0 saturated carbocycles. The first-order chi connectivity index (χ1) is 12.2. The fourth-order valence-corrected chi connectivity index (χ4v) is 3.00. The first kappa shape index (κ1) is 16.9. The minimum Gasteiger partial charge on any atom is -0.357 e. The van der Waals surface area contributed by atoms with E-state index in [1.807, 2.05) is 6.07 Å². The molecule has 1 saturated heterocycles. The summed E-state index contributed by atoms with van der Waals surface area (Å²) in [5, 5.41) is 5.73. The highest BCUT2D eigenvalue weighted by Crippen LogP contribution is 2.22. The number of likely N-dealkylation sites (N-methyl/N-ethyl adjacent to an activating group) is 1. The van der Waals surface area contributed by atoms with E-state index >= 15 is 0 Å². The van der Waals surface area contributed by atoms with Gasteiger partial charge < -0.3 is 15.5 Å². The van der Waals surface area contributed by atoms with Crippen LogP contribution in [0.2, 0.25) is 0 Å². The Morgan fingerprint density at radius 3 is 2.72 bits per heavy atom. The van der Waals surface area contributed by atoms with E-state index < -0.39 is 6.04 Å². The lowest BCUT2D eigenvalue weighted by Crippen LogP contribution is -2.51. The molecule has 2 aromatic rings. The molecule has 1 atom stereocenters. The highest BCUT2D eigenvalue weighted by molar-refractivity contribution is 5.98. The van der Waals surface area contributed by atoms with Gasteiger partial charge in [-0.2, -0.15) is 0 Å². The molecule has 1 aliphatic rings. The smallest absolute Gasteiger partial charge is 0.254 e. The standard InChI is InChI=1S/C18H21N5O2/c1-19-16(24)15-8-2-3-11-23(15)17(25)13-6-4-7-14(12-13)22-18-20-9-5-10-21-18/h4-7,9-10,12,15H,2-3,8,11H2,1H3,(H,19,24)(H,20,21,22). The van der Waals surface area contributed by atoms with Gasteiger partial charge in [-0.25, -0.2) is 9.97 Å². The largest absolute Gasteiger partial charge is 0.357 e. The topological polar surface area (TPSA) is 87.2 Å². The number of nitrogens with zero attached hydrogens (tertiary/aromatic N) is 3. The maximum absolute atomic E-state index is 12.9. The monoisotopic (exact) mass is 339 g/mol. The number of carbonyl (C=O) groups is 2. The third kappa shape index (κ3) is 3.93. The van der Waals surface area contributed by atoms with Crippen molar-refractivity contribution < 1.29 is 9.59 Å². The van der Waals surface area contributed by atoms with Crippen molar-refractivity contribution in [3.8, 4) is 0 Å². The Labute approximate surface area is 146 Å². The molecular weight excluding hydrogens is 318 g/mol. The van der Waals surface area contributed by atoms with Gasteiger partial charge in [0, 0.05) is 37.2 Å². The SMILES string of the molecule is CNC(=O)C1CCCCN1C(=O)c1cccc(Nc2ncccn2)c1. The molecule has 0 spiro atoms. The van der Waals surface area contributed by atoms with E-state index in [1.165, 1.54) is 0 Å². The number of carbonyl (C=O) groups excluding carboxylic acids is 2. The number of hydrogen-bond donors (Lipinski definition) is 2. The maximum Gasteiger partial charge on any atom is 0.254 e. The normalized spacial score (nSPS) is 17.0. The Hall–Kier alpha value is -2.96. The molecule has 2 N–H and O–H groups in total. The summed E-state index contributed by atoms with van der Waals surface area (Å²) < 4.78 is 0. The lowest BCUT2D eigenvalue weighted by atomic mass is 10.00. The first-order valence-electron chi connectivity index (χ1n) is 8.35. The third-order valence-corrected chi connectivity index (χ3v) is 4.24. The summed E-state index contributed by atoms with van der Waals surface area (Å²) in [6.45, 7) is 0.594. The van der Waals surface area contributed by atoms with Crippen LogP contribution in [-0.4, -0.2) is 46.3 Å². The molecule has 1 aliphatic heterocycles. The summed E-state index contributed by atoms with van der Waals surface area (Å²) >= 11 is 0. The lowest BCUT2D eigenvalue weighted by Gasteiger charge is -2.34. The zero-order valence-electron chi connectivity index (χ0n) is 14.1. The molecule has 7 heteroatoms. The summed E-state index contributed by atoms with van der Waals surface area (Å²) in [7, 11) is 1.60. The van der Waals surface area contributed by atoms with Crippen molar-refractivity contribution in [1.29, 1.82) is 0 Å². The van der Waals surface area contributed by atoms with Crippen molar-refractivity contribution in [3.63, 3.8) is 0 Å². The molecule has 2 amide bonds. The Bertz CT molecular complexity index is 750. The Balaban J connectivity index is 1.79. The Kier molecular flexibility index (Phi) is 5.23. The molecule has 0 radical (unpaired) electrons. The van der Waals surface area contributed by atoms with Gasteiger partial charge >= 0.3 is 0 Å². The van der Waals surface area contributed by atoms with Gasteiger partial charge in [0.25, 0.3) is 5.91 Å². The lowest BCUT2D eigenvalue weighted by molar-refractivity contribution is -0.126. The predicted octanol–water partition coefficient (Wildman–Crippen LogP) is 1.96. The summed E-state index contributed by atoms with van der Waals surface area (Å²) in [6.07, 6.45) is 5.85. The highest BCUT2D eigenvalue weighted by Gasteiger charge is 2.32. The fraction of sp³-hybridized carbons (Fsp3) is 0.333. The first-order valence-corrected chi connectivity index (χ1v) is 8.35. The average molecular weight is 339 g/mol. The third-order valence-electron chi connectivity index (χ3n) is 4.24. The predicted molar refractivity (Wildman–Crippen MR) is 94.5 cm³/mol.